The lowest BCUT2D eigenvalue weighted by molar-refractivity contribution is 0.0997. The van der Waals surface area contributed by atoms with Gasteiger partial charge < -0.3 is 9.73 Å². The minimum atomic E-state index is -0.339. The highest BCUT2D eigenvalue weighted by atomic mass is 35.5. The number of carbonyl (C=O) groups is 1. The van der Waals surface area contributed by atoms with Crippen LogP contribution in [0.3, 0.4) is 0 Å². The number of nitrogens with one attached hydrogen (secondary N) is 1. The molecule has 5 nitrogen and oxygen atoms in total. The number of amides is 1. The Balaban J connectivity index is 1.99. The predicted octanol–water partition coefficient (Wildman–Crippen LogP) is 3.38. The van der Waals surface area contributed by atoms with Crippen molar-refractivity contribution >= 4 is 34.3 Å². The topological polar surface area (TPSA) is 60.1 Å². The second kappa shape index (κ2) is 4.68. The normalized spacial score (nSPS) is 10.9. The minimum Gasteiger partial charge on any atom is -0.449 e. The van der Waals surface area contributed by atoms with Crippen molar-refractivity contribution < 1.29 is 9.21 Å². The summed E-state index contributed by atoms with van der Waals surface area (Å²) in [5, 5.41) is 8.11. The molecule has 102 valence electrons. The van der Waals surface area contributed by atoms with E-state index in [-0.39, 0.29) is 11.7 Å². The molecule has 0 saturated heterocycles. The molecule has 0 aliphatic carbocycles. The summed E-state index contributed by atoms with van der Waals surface area (Å²) in [7, 11) is 1.78. The van der Waals surface area contributed by atoms with Crippen LogP contribution in [0.4, 0.5) is 5.82 Å². The fraction of sp³-hybridized carbons (Fsp3) is 0.143. The van der Waals surface area contributed by atoms with Crippen molar-refractivity contribution in [3.8, 4) is 0 Å². The summed E-state index contributed by atoms with van der Waals surface area (Å²) in [5.74, 6) is 0.385. The van der Waals surface area contributed by atoms with Gasteiger partial charge in [-0.05, 0) is 13.0 Å². The van der Waals surface area contributed by atoms with Crippen LogP contribution in [0.2, 0.25) is 5.02 Å². The van der Waals surface area contributed by atoms with Gasteiger partial charge in [-0.2, -0.15) is 5.10 Å². The van der Waals surface area contributed by atoms with Gasteiger partial charge in [0.25, 0.3) is 5.91 Å². The average Bonchev–Trinajstić information content (AvgIpc) is 2.95. The molecule has 1 amide bonds. The van der Waals surface area contributed by atoms with Crippen molar-refractivity contribution in [2.45, 2.75) is 6.92 Å². The number of rotatable bonds is 2. The number of nitrogens with zero attached hydrogens (tertiary/aromatic N) is 2. The molecule has 0 radical (unpaired) electrons. The van der Waals surface area contributed by atoms with E-state index < -0.39 is 0 Å². The Morgan fingerprint density at radius 2 is 2.20 bits per heavy atom. The van der Waals surface area contributed by atoms with E-state index in [4.69, 9.17) is 16.0 Å². The van der Waals surface area contributed by atoms with Crippen molar-refractivity contribution in [3.63, 3.8) is 0 Å². The first-order chi connectivity index (χ1) is 9.56. The number of fused-ring (bicyclic) bond motifs is 1. The molecule has 0 saturated carbocycles. The second-order valence-corrected chi connectivity index (χ2v) is 4.91. The minimum absolute atomic E-state index is 0.249. The van der Waals surface area contributed by atoms with E-state index in [2.05, 4.69) is 10.4 Å². The van der Waals surface area contributed by atoms with Gasteiger partial charge in [0.2, 0.25) is 0 Å². The first-order valence-corrected chi connectivity index (χ1v) is 6.42. The van der Waals surface area contributed by atoms with Gasteiger partial charge in [-0.1, -0.05) is 23.7 Å². The maximum Gasteiger partial charge on any atom is 0.292 e. The lowest BCUT2D eigenvalue weighted by Crippen LogP contribution is -2.12. The summed E-state index contributed by atoms with van der Waals surface area (Å²) in [6, 6.07) is 7.14. The lowest BCUT2D eigenvalue weighted by atomic mass is 10.1. The Bertz CT molecular complexity index is 804. The molecule has 0 aliphatic heterocycles. The second-order valence-electron chi connectivity index (χ2n) is 4.50. The van der Waals surface area contributed by atoms with Crippen LogP contribution in [0.1, 0.15) is 16.1 Å². The first kappa shape index (κ1) is 12.7. The largest absolute Gasteiger partial charge is 0.449 e. The highest BCUT2D eigenvalue weighted by Gasteiger charge is 2.19. The van der Waals surface area contributed by atoms with Gasteiger partial charge in [0.05, 0.1) is 5.02 Å². The Kier molecular flexibility index (Phi) is 2.99. The van der Waals surface area contributed by atoms with E-state index in [9.17, 15) is 4.79 Å². The van der Waals surface area contributed by atoms with Crippen molar-refractivity contribution in [3.05, 3.63) is 46.8 Å². The third-order valence-corrected chi connectivity index (χ3v) is 3.37. The van der Waals surface area contributed by atoms with Crippen LogP contribution in [0.15, 0.2) is 34.9 Å². The fourth-order valence-corrected chi connectivity index (χ4v) is 2.29. The Morgan fingerprint density at radius 3 is 2.85 bits per heavy atom. The molecule has 0 bridgehead atoms. The number of hydrogen-bond donors (Lipinski definition) is 1. The van der Waals surface area contributed by atoms with E-state index in [1.54, 1.807) is 30.1 Å². The number of benzene rings is 1. The van der Waals surface area contributed by atoms with Crippen molar-refractivity contribution in [1.29, 1.82) is 0 Å². The van der Waals surface area contributed by atoms with Crippen LogP contribution in [0.5, 0.6) is 0 Å². The van der Waals surface area contributed by atoms with E-state index in [1.807, 2.05) is 19.1 Å². The SMILES string of the molecule is Cc1c(C(=O)Nc2ccn(C)n2)oc2c(Cl)cccc12. The summed E-state index contributed by atoms with van der Waals surface area (Å²) >= 11 is 6.07. The molecule has 2 heterocycles. The zero-order valence-electron chi connectivity index (χ0n) is 11.0. The van der Waals surface area contributed by atoms with Gasteiger partial charge in [0.1, 0.15) is 0 Å². The number of para-hydroxylation sites is 1. The molecule has 20 heavy (non-hydrogen) atoms. The Morgan fingerprint density at radius 1 is 1.40 bits per heavy atom. The van der Waals surface area contributed by atoms with Crippen molar-refractivity contribution in [2.24, 2.45) is 7.05 Å². The van der Waals surface area contributed by atoms with Crippen molar-refractivity contribution in [1.82, 2.24) is 9.78 Å². The van der Waals surface area contributed by atoms with Gasteiger partial charge in [-0.15, -0.1) is 0 Å². The zero-order valence-corrected chi connectivity index (χ0v) is 11.7. The number of halogens is 1. The molecule has 3 aromatic rings. The van der Waals surface area contributed by atoms with Gasteiger partial charge in [0, 0.05) is 30.3 Å². The summed E-state index contributed by atoms with van der Waals surface area (Å²) < 4.78 is 7.20. The van der Waals surface area contributed by atoms with Gasteiger partial charge in [0.15, 0.2) is 17.2 Å². The Labute approximate surface area is 120 Å². The van der Waals surface area contributed by atoms with E-state index in [0.29, 0.717) is 16.4 Å². The monoisotopic (exact) mass is 289 g/mol. The van der Waals surface area contributed by atoms with Gasteiger partial charge in [-0.25, -0.2) is 0 Å². The highest BCUT2D eigenvalue weighted by Crippen LogP contribution is 2.30. The molecule has 0 spiro atoms. The molecule has 3 rings (SSSR count). The molecule has 0 aliphatic rings. The first-order valence-electron chi connectivity index (χ1n) is 6.05. The maximum absolute atomic E-state index is 12.2. The molecule has 6 heteroatoms. The third kappa shape index (κ3) is 2.06. The van der Waals surface area contributed by atoms with Crippen LogP contribution < -0.4 is 5.32 Å². The van der Waals surface area contributed by atoms with Crippen LogP contribution in [0.25, 0.3) is 11.0 Å². The lowest BCUT2D eigenvalue weighted by Gasteiger charge is -1.99. The summed E-state index contributed by atoms with van der Waals surface area (Å²) in [4.78, 5) is 12.2. The molecule has 2 aromatic heterocycles. The van der Waals surface area contributed by atoms with E-state index in [0.717, 1.165) is 10.9 Å². The molecule has 1 aromatic carbocycles. The fourth-order valence-electron chi connectivity index (χ4n) is 2.08. The number of anilines is 1. The van der Waals surface area contributed by atoms with Crippen LogP contribution >= 0.6 is 11.6 Å². The number of aromatic nitrogens is 2. The zero-order chi connectivity index (χ0) is 14.3. The Hall–Kier alpha value is -2.27. The molecule has 0 atom stereocenters. The predicted molar refractivity (Wildman–Crippen MR) is 77.1 cm³/mol. The number of carbonyl (C=O) groups excluding carboxylic acids is 1. The van der Waals surface area contributed by atoms with Crippen LogP contribution in [-0.4, -0.2) is 15.7 Å². The summed E-state index contributed by atoms with van der Waals surface area (Å²) in [6.07, 6.45) is 1.75. The standard InChI is InChI=1S/C14H12ClN3O2/c1-8-9-4-3-5-10(15)13(9)20-12(8)14(19)16-11-6-7-18(2)17-11/h3-7H,1-2H3,(H,16,17,19). The van der Waals surface area contributed by atoms with Crippen LogP contribution in [0, 0.1) is 6.92 Å². The highest BCUT2D eigenvalue weighted by molar-refractivity contribution is 6.35. The summed E-state index contributed by atoms with van der Waals surface area (Å²) in [5.41, 5.74) is 1.29. The molecule has 1 N–H and O–H groups in total. The molecular formula is C14H12ClN3O2. The van der Waals surface area contributed by atoms with E-state index >= 15 is 0 Å². The molecule has 0 fully saturated rings. The van der Waals surface area contributed by atoms with Crippen LogP contribution in [-0.2, 0) is 7.05 Å². The van der Waals surface area contributed by atoms with E-state index in [1.165, 1.54) is 0 Å². The third-order valence-electron chi connectivity index (χ3n) is 3.08. The summed E-state index contributed by atoms with van der Waals surface area (Å²) in [6.45, 7) is 1.83. The molecule has 0 unspecified atom stereocenters. The van der Waals surface area contributed by atoms with Crippen molar-refractivity contribution in [2.75, 3.05) is 5.32 Å². The quantitative estimate of drug-likeness (QED) is 0.787. The van der Waals surface area contributed by atoms with Gasteiger partial charge >= 0.3 is 0 Å². The number of hydrogen-bond acceptors (Lipinski definition) is 3. The number of aryl methyl sites for hydroxylation is 2. The smallest absolute Gasteiger partial charge is 0.292 e. The average molecular weight is 290 g/mol. The van der Waals surface area contributed by atoms with Gasteiger partial charge in [-0.3, -0.25) is 9.48 Å². The maximum atomic E-state index is 12.2. The number of furan rings is 1. The molecular weight excluding hydrogens is 278 g/mol.